The maximum atomic E-state index is 4.20. The summed E-state index contributed by atoms with van der Waals surface area (Å²) in [6.45, 7) is 5.57. The van der Waals surface area contributed by atoms with Crippen LogP contribution in [0.5, 0.6) is 0 Å². The molecular weight excluding hydrogens is 242 g/mol. The molecule has 0 saturated carbocycles. The van der Waals surface area contributed by atoms with Gasteiger partial charge in [0.25, 0.3) is 0 Å². The third-order valence-corrected chi connectivity index (χ3v) is 4.42. The van der Waals surface area contributed by atoms with Crippen LogP contribution >= 0.6 is 11.8 Å². The van der Waals surface area contributed by atoms with Crippen molar-refractivity contribution in [3.63, 3.8) is 0 Å². The Labute approximate surface area is 116 Å². The van der Waals surface area contributed by atoms with Gasteiger partial charge in [-0.2, -0.15) is 11.8 Å². The predicted octanol–water partition coefficient (Wildman–Crippen LogP) is 3.93. The number of aromatic nitrogens is 3. The summed E-state index contributed by atoms with van der Waals surface area (Å²) in [5.41, 5.74) is 1.30. The molecule has 0 saturated heterocycles. The molecule has 0 aliphatic rings. The molecule has 0 aliphatic heterocycles. The Morgan fingerprint density at radius 1 is 1.28 bits per heavy atom. The maximum Gasteiger partial charge on any atom is 0.0725 e. The monoisotopic (exact) mass is 269 g/mol. The Kier molecular flexibility index (Phi) is 8.14. The average molecular weight is 269 g/mol. The van der Waals surface area contributed by atoms with Gasteiger partial charge in [-0.3, -0.25) is 0 Å². The molecule has 0 N–H and O–H groups in total. The normalized spacial score (nSPS) is 12.8. The summed E-state index contributed by atoms with van der Waals surface area (Å²) in [4.78, 5) is 0. The average Bonchev–Trinajstić information content (AvgIpc) is 2.83. The third kappa shape index (κ3) is 5.89. The van der Waals surface area contributed by atoms with Crippen molar-refractivity contribution in [2.75, 3.05) is 6.26 Å². The fourth-order valence-corrected chi connectivity index (χ4v) is 2.35. The van der Waals surface area contributed by atoms with Crippen LogP contribution in [0.2, 0.25) is 0 Å². The molecule has 0 amide bonds. The molecule has 1 heterocycles. The first kappa shape index (κ1) is 15.5. The zero-order chi connectivity index (χ0) is 13.2. The van der Waals surface area contributed by atoms with Crippen LogP contribution in [0.1, 0.15) is 58.1 Å². The van der Waals surface area contributed by atoms with Gasteiger partial charge >= 0.3 is 0 Å². The largest absolute Gasteiger partial charge is 0.249 e. The molecule has 0 bridgehead atoms. The number of unbranched alkanes of at least 4 members (excludes halogenated alkanes) is 4. The molecule has 4 heteroatoms. The molecule has 1 unspecified atom stereocenters. The highest BCUT2D eigenvalue weighted by molar-refractivity contribution is 7.99. The van der Waals surface area contributed by atoms with E-state index < -0.39 is 0 Å². The van der Waals surface area contributed by atoms with E-state index in [0.29, 0.717) is 0 Å². The molecule has 1 atom stereocenters. The van der Waals surface area contributed by atoms with E-state index in [-0.39, 0.29) is 0 Å². The lowest BCUT2D eigenvalue weighted by molar-refractivity contribution is 0.504. The second-order valence-electron chi connectivity index (χ2n) is 4.95. The lowest BCUT2D eigenvalue weighted by atomic mass is 10.1. The van der Waals surface area contributed by atoms with Crippen LogP contribution in [0, 0.1) is 0 Å². The highest BCUT2D eigenvalue weighted by Gasteiger charge is 2.06. The SMILES string of the molecule is CCCCCCCn1nncc1CCC(C)SC. The van der Waals surface area contributed by atoms with E-state index in [2.05, 4.69) is 35.1 Å². The first-order valence-corrected chi connectivity index (χ1v) is 8.46. The Morgan fingerprint density at radius 2 is 2.06 bits per heavy atom. The summed E-state index contributed by atoms with van der Waals surface area (Å²) >= 11 is 1.93. The van der Waals surface area contributed by atoms with Crippen molar-refractivity contribution in [3.8, 4) is 0 Å². The lowest BCUT2D eigenvalue weighted by Crippen LogP contribution is -2.07. The number of rotatable bonds is 10. The van der Waals surface area contributed by atoms with Crippen molar-refractivity contribution in [1.82, 2.24) is 15.0 Å². The van der Waals surface area contributed by atoms with Crippen LogP contribution in [-0.4, -0.2) is 26.5 Å². The van der Waals surface area contributed by atoms with Gasteiger partial charge in [0.05, 0.1) is 11.9 Å². The van der Waals surface area contributed by atoms with E-state index in [1.807, 2.05) is 18.0 Å². The van der Waals surface area contributed by atoms with Crippen LogP contribution in [0.25, 0.3) is 0 Å². The Hall–Kier alpha value is -0.510. The Morgan fingerprint density at radius 3 is 2.78 bits per heavy atom. The standard InChI is InChI=1S/C14H27N3S/c1-4-5-6-7-8-11-17-14(12-15-16-17)10-9-13(2)18-3/h12-13H,4-11H2,1-3H3. The maximum absolute atomic E-state index is 4.20. The van der Waals surface area contributed by atoms with Crippen LogP contribution in [0.3, 0.4) is 0 Å². The minimum absolute atomic E-state index is 0.720. The van der Waals surface area contributed by atoms with Crippen LogP contribution in [-0.2, 0) is 13.0 Å². The molecule has 18 heavy (non-hydrogen) atoms. The Bertz CT molecular complexity index is 312. The molecule has 104 valence electrons. The third-order valence-electron chi connectivity index (χ3n) is 3.38. The molecule has 1 aromatic heterocycles. The molecule has 1 rings (SSSR count). The van der Waals surface area contributed by atoms with Crippen molar-refractivity contribution in [3.05, 3.63) is 11.9 Å². The van der Waals surface area contributed by atoms with Gasteiger partial charge in [0, 0.05) is 11.8 Å². The van der Waals surface area contributed by atoms with Gasteiger partial charge in [0.15, 0.2) is 0 Å². The quantitative estimate of drug-likeness (QED) is 0.603. The molecule has 0 fully saturated rings. The van der Waals surface area contributed by atoms with Crippen molar-refractivity contribution in [2.24, 2.45) is 0 Å². The zero-order valence-corrected chi connectivity index (χ0v) is 12.9. The van der Waals surface area contributed by atoms with Crippen LogP contribution in [0.4, 0.5) is 0 Å². The summed E-state index contributed by atoms with van der Waals surface area (Å²) in [6, 6.07) is 0. The van der Waals surface area contributed by atoms with E-state index in [1.54, 1.807) is 0 Å². The minimum Gasteiger partial charge on any atom is -0.249 e. The first-order chi connectivity index (χ1) is 8.77. The molecule has 0 spiro atoms. The summed E-state index contributed by atoms with van der Waals surface area (Å²) in [7, 11) is 0. The number of hydrogen-bond acceptors (Lipinski definition) is 3. The van der Waals surface area contributed by atoms with Crippen molar-refractivity contribution < 1.29 is 0 Å². The van der Waals surface area contributed by atoms with Crippen LogP contribution in [0.15, 0.2) is 6.20 Å². The van der Waals surface area contributed by atoms with Gasteiger partial charge in [0.1, 0.15) is 0 Å². The molecule has 0 aliphatic carbocycles. The topological polar surface area (TPSA) is 30.7 Å². The smallest absolute Gasteiger partial charge is 0.0725 e. The van der Waals surface area contributed by atoms with Gasteiger partial charge in [-0.25, -0.2) is 4.68 Å². The number of thioether (sulfide) groups is 1. The van der Waals surface area contributed by atoms with Gasteiger partial charge in [0.2, 0.25) is 0 Å². The lowest BCUT2D eigenvalue weighted by Gasteiger charge is -2.09. The summed E-state index contributed by atoms with van der Waals surface area (Å²) in [5.74, 6) is 0. The van der Waals surface area contributed by atoms with Gasteiger partial charge in [-0.05, 0) is 25.5 Å². The van der Waals surface area contributed by atoms with E-state index >= 15 is 0 Å². The van der Waals surface area contributed by atoms with Gasteiger partial charge in [-0.1, -0.05) is 44.7 Å². The van der Waals surface area contributed by atoms with E-state index in [0.717, 1.165) is 18.2 Å². The van der Waals surface area contributed by atoms with Crippen molar-refractivity contribution >= 4 is 11.8 Å². The van der Waals surface area contributed by atoms with Crippen molar-refractivity contribution in [1.29, 1.82) is 0 Å². The fraction of sp³-hybridized carbons (Fsp3) is 0.857. The minimum atomic E-state index is 0.720. The molecule has 1 aromatic rings. The van der Waals surface area contributed by atoms with E-state index in [9.17, 15) is 0 Å². The van der Waals surface area contributed by atoms with Gasteiger partial charge in [-0.15, -0.1) is 5.10 Å². The summed E-state index contributed by atoms with van der Waals surface area (Å²) < 4.78 is 2.10. The molecule has 3 nitrogen and oxygen atoms in total. The molecule has 0 aromatic carbocycles. The first-order valence-electron chi connectivity index (χ1n) is 7.18. The number of hydrogen-bond donors (Lipinski definition) is 0. The van der Waals surface area contributed by atoms with Crippen LogP contribution < -0.4 is 0 Å². The van der Waals surface area contributed by atoms with E-state index in [1.165, 1.54) is 44.2 Å². The Balaban J connectivity index is 2.26. The molecule has 0 radical (unpaired) electrons. The van der Waals surface area contributed by atoms with Gasteiger partial charge < -0.3 is 0 Å². The highest BCUT2D eigenvalue weighted by Crippen LogP contribution is 2.13. The predicted molar refractivity (Wildman–Crippen MR) is 80.1 cm³/mol. The second kappa shape index (κ2) is 9.42. The molecular formula is C14H27N3S. The highest BCUT2D eigenvalue weighted by atomic mass is 32.2. The number of nitrogens with zero attached hydrogens (tertiary/aromatic N) is 3. The zero-order valence-electron chi connectivity index (χ0n) is 12.1. The summed E-state index contributed by atoms with van der Waals surface area (Å²) in [5, 5.41) is 8.97. The second-order valence-corrected chi connectivity index (χ2v) is 6.22. The number of aryl methyl sites for hydroxylation is 2. The summed E-state index contributed by atoms with van der Waals surface area (Å²) in [6.07, 6.45) is 13.0. The fourth-order valence-electron chi connectivity index (χ4n) is 1.99. The van der Waals surface area contributed by atoms with Crippen molar-refractivity contribution in [2.45, 2.75) is 70.6 Å². The van der Waals surface area contributed by atoms with E-state index in [4.69, 9.17) is 0 Å².